The van der Waals surface area contributed by atoms with E-state index in [1.807, 2.05) is 31.0 Å². The average Bonchev–Trinajstić information content (AvgIpc) is 3.29. The predicted octanol–water partition coefficient (Wildman–Crippen LogP) is 3.51. The summed E-state index contributed by atoms with van der Waals surface area (Å²) in [7, 11) is 1.91. The topological polar surface area (TPSA) is 45.2 Å². The third kappa shape index (κ3) is 3.74. The number of nitrogens with zero attached hydrogens (tertiary/aromatic N) is 2. The van der Waals surface area contributed by atoms with E-state index in [1.54, 1.807) is 0 Å². The highest BCUT2D eigenvalue weighted by Gasteiger charge is 2.32. The molecular weight excluding hydrogens is 262 g/mol. The lowest BCUT2D eigenvalue weighted by molar-refractivity contribution is 0.0727. The molecule has 1 heterocycles. The van der Waals surface area contributed by atoms with Gasteiger partial charge in [0.15, 0.2) is 0 Å². The standard InChI is InChI=1S/C17H27N3O/c1-6-18-16-10-14(9-15(19-16)11(2)3)17(21)20(5)12(4)13-7-8-13/h9-13H,6-8H2,1-5H3,(H,18,19). The lowest BCUT2D eigenvalue weighted by Gasteiger charge is -2.25. The Labute approximate surface area is 127 Å². The van der Waals surface area contributed by atoms with Crippen molar-refractivity contribution in [2.75, 3.05) is 18.9 Å². The second kappa shape index (κ2) is 6.46. The van der Waals surface area contributed by atoms with Crippen LogP contribution >= 0.6 is 0 Å². The first-order chi connectivity index (χ1) is 9.93. The fourth-order valence-electron chi connectivity index (χ4n) is 2.53. The van der Waals surface area contributed by atoms with Crippen LogP contribution < -0.4 is 5.32 Å². The van der Waals surface area contributed by atoms with Gasteiger partial charge in [0.25, 0.3) is 5.91 Å². The van der Waals surface area contributed by atoms with Crippen LogP contribution in [0.2, 0.25) is 0 Å². The average molecular weight is 289 g/mol. The van der Waals surface area contributed by atoms with Crippen LogP contribution in [0.15, 0.2) is 12.1 Å². The number of amides is 1. The van der Waals surface area contributed by atoms with E-state index in [-0.39, 0.29) is 5.91 Å². The Kier molecular flexibility index (Phi) is 4.86. The van der Waals surface area contributed by atoms with Crippen molar-refractivity contribution in [2.45, 2.75) is 52.5 Å². The van der Waals surface area contributed by atoms with Gasteiger partial charge in [0, 0.05) is 30.9 Å². The van der Waals surface area contributed by atoms with Crippen molar-refractivity contribution in [2.24, 2.45) is 5.92 Å². The summed E-state index contributed by atoms with van der Waals surface area (Å²) in [6.07, 6.45) is 2.49. The van der Waals surface area contributed by atoms with E-state index < -0.39 is 0 Å². The van der Waals surface area contributed by atoms with Crippen molar-refractivity contribution in [1.82, 2.24) is 9.88 Å². The molecule has 1 atom stereocenters. The Bertz CT molecular complexity index is 509. The minimum atomic E-state index is 0.0952. The van der Waals surface area contributed by atoms with Crippen molar-refractivity contribution in [1.29, 1.82) is 0 Å². The summed E-state index contributed by atoms with van der Waals surface area (Å²) < 4.78 is 0. The van der Waals surface area contributed by atoms with E-state index in [0.717, 1.165) is 23.6 Å². The molecule has 0 bridgehead atoms. The largest absolute Gasteiger partial charge is 0.370 e. The van der Waals surface area contributed by atoms with E-state index in [9.17, 15) is 4.79 Å². The summed E-state index contributed by atoms with van der Waals surface area (Å²) in [6, 6.07) is 4.12. The first-order valence-corrected chi connectivity index (χ1v) is 7.97. The highest BCUT2D eigenvalue weighted by Crippen LogP contribution is 2.35. The summed E-state index contributed by atoms with van der Waals surface area (Å²) in [5, 5.41) is 3.22. The first-order valence-electron chi connectivity index (χ1n) is 7.97. The smallest absolute Gasteiger partial charge is 0.254 e. The molecule has 1 aliphatic rings. The van der Waals surface area contributed by atoms with Gasteiger partial charge in [-0.2, -0.15) is 0 Å². The third-order valence-electron chi connectivity index (χ3n) is 4.28. The van der Waals surface area contributed by atoms with Gasteiger partial charge in [-0.3, -0.25) is 4.79 Å². The number of pyridine rings is 1. The summed E-state index contributed by atoms with van der Waals surface area (Å²) >= 11 is 0. The minimum Gasteiger partial charge on any atom is -0.370 e. The molecule has 1 fully saturated rings. The van der Waals surface area contributed by atoms with Crippen LogP contribution in [0.5, 0.6) is 0 Å². The second-order valence-corrected chi connectivity index (χ2v) is 6.35. The van der Waals surface area contributed by atoms with Crippen LogP contribution in [-0.4, -0.2) is 35.4 Å². The van der Waals surface area contributed by atoms with Gasteiger partial charge < -0.3 is 10.2 Å². The number of carbonyl (C=O) groups excluding carboxylic acids is 1. The Morgan fingerprint density at radius 1 is 1.38 bits per heavy atom. The highest BCUT2D eigenvalue weighted by molar-refractivity contribution is 5.95. The van der Waals surface area contributed by atoms with Crippen LogP contribution in [-0.2, 0) is 0 Å². The second-order valence-electron chi connectivity index (χ2n) is 6.35. The predicted molar refractivity (Wildman–Crippen MR) is 86.8 cm³/mol. The van der Waals surface area contributed by atoms with Crippen molar-refractivity contribution in [3.05, 3.63) is 23.4 Å². The van der Waals surface area contributed by atoms with Gasteiger partial charge in [-0.25, -0.2) is 4.98 Å². The molecule has 4 heteroatoms. The molecule has 1 aromatic rings. The molecule has 0 saturated heterocycles. The molecule has 0 radical (unpaired) electrons. The minimum absolute atomic E-state index is 0.0952. The number of hydrogen-bond acceptors (Lipinski definition) is 3. The van der Waals surface area contributed by atoms with Crippen LogP contribution in [0.3, 0.4) is 0 Å². The van der Waals surface area contributed by atoms with Crippen molar-refractivity contribution >= 4 is 11.7 Å². The highest BCUT2D eigenvalue weighted by atomic mass is 16.2. The van der Waals surface area contributed by atoms with Gasteiger partial charge in [-0.15, -0.1) is 0 Å². The van der Waals surface area contributed by atoms with Gasteiger partial charge >= 0.3 is 0 Å². The number of anilines is 1. The fourth-order valence-corrected chi connectivity index (χ4v) is 2.53. The fraction of sp³-hybridized carbons (Fsp3) is 0.647. The van der Waals surface area contributed by atoms with E-state index in [4.69, 9.17) is 0 Å². The van der Waals surface area contributed by atoms with E-state index in [1.165, 1.54) is 12.8 Å². The number of nitrogens with one attached hydrogen (secondary N) is 1. The SMILES string of the molecule is CCNc1cc(C(=O)N(C)C(C)C2CC2)cc(C(C)C)n1. The number of rotatable bonds is 6. The molecule has 4 nitrogen and oxygen atoms in total. The summed E-state index contributed by atoms with van der Waals surface area (Å²) in [6.45, 7) is 9.18. The van der Waals surface area contributed by atoms with E-state index in [2.05, 4.69) is 31.1 Å². The van der Waals surface area contributed by atoms with Crippen LogP contribution in [0.25, 0.3) is 0 Å². The molecule has 2 rings (SSSR count). The van der Waals surface area contributed by atoms with Crippen LogP contribution in [0, 0.1) is 5.92 Å². The molecule has 1 saturated carbocycles. The van der Waals surface area contributed by atoms with Crippen LogP contribution in [0.4, 0.5) is 5.82 Å². The molecular formula is C17H27N3O. The molecule has 0 aromatic carbocycles. The zero-order valence-electron chi connectivity index (χ0n) is 13.8. The Balaban J connectivity index is 2.25. The first kappa shape index (κ1) is 15.8. The Morgan fingerprint density at radius 3 is 2.57 bits per heavy atom. The molecule has 1 aromatic heterocycles. The number of aromatic nitrogens is 1. The zero-order chi connectivity index (χ0) is 15.6. The molecule has 1 N–H and O–H groups in total. The Morgan fingerprint density at radius 2 is 2.05 bits per heavy atom. The quantitative estimate of drug-likeness (QED) is 0.871. The van der Waals surface area contributed by atoms with Gasteiger partial charge in [-0.1, -0.05) is 13.8 Å². The van der Waals surface area contributed by atoms with E-state index in [0.29, 0.717) is 17.9 Å². The maximum Gasteiger partial charge on any atom is 0.254 e. The van der Waals surface area contributed by atoms with Gasteiger partial charge in [0.05, 0.1) is 0 Å². The molecule has 1 unspecified atom stereocenters. The Hall–Kier alpha value is -1.58. The maximum atomic E-state index is 12.7. The van der Waals surface area contributed by atoms with Crippen molar-refractivity contribution < 1.29 is 4.79 Å². The summed E-state index contributed by atoms with van der Waals surface area (Å²) in [5.41, 5.74) is 1.70. The third-order valence-corrected chi connectivity index (χ3v) is 4.28. The summed E-state index contributed by atoms with van der Waals surface area (Å²) in [4.78, 5) is 19.2. The zero-order valence-corrected chi connectivity index (χ0v) is 13.8. The van der Waals surface area contributed by atoms with Crippen molar-refractivity contribution in [3.63, 3.8) is 0 Å². The summed E-state index contributed by atoms with van der Waals surface area (Å²) in [5.74, 6) is 1.87. The lowest BCUT2D eigenvalue weighted by Crippen LogP contribution is -2.36. The van der Waals surface area contributed by atoms with E-state index >= 15 is 0 Å². The molecule has 0 aliphatic heterocycles. The monoisotopic (exact) mass is 289 g/mol. The van der Waals surface area contributed by atoms with Gasteiger partial charge in [0.1, 0.15) is 5.82 Å². The van der Waals surface area contributed by atoms with Crippen molar-refractivity contribution in [3.8, 4) is 0 Å². The van der Waals surface area contributed by atoms with Gasteiger partial charge in [-0.05, 0) is 50.7 Å². The molecule has 1 aliphatic carbocycles. The molecule has 21 heavy (non-hydrogen) atoms. The number of hydrogen-bond donors (Lipinski definition) is 1. The van der Waals surface area contributed by atoms with Gasteiger partial charge in [0.2, 0.25) is 0 Å². The number of carbonyl (C=O) groups is 1. The molecule has 1 amide bonds. The normalized spacial score (nSPS) is 15.9. The van der Waals surface area contributed by atoms with Crippen LogP contribution in [0.1, 0.15) is 62.5 Å². The maximum absolute atomic E-state index is 12.7. The molecule has 0 spiro atoms. The lowest BCUT2D eigenvalue weighted by atomic mass is 10.1. The molecule has 116 valence electrons.